The molecule has 1 aromatic rings. The SMILES string of the molecule is O=C(C=Cc1ccccc1)NC(=S)NNC(=O)CCN1CCCCC1. The minimum absolute atomic E-state index is 0.0639. The summed E-state index contributed by atoms with van der Waals surface area (Å²) in [7, 11) is 0. The van der Waals surface area contributed by atoms with Crippen molar-refractivity contribution < 1.29 is 9.59 Å². The third kappa shape index (κ3) is 7.91. The van der Waals surface area contributed by atoms with Crippen LogP contribution in [0.5, 0.6) is 0 Å². The van der Waals surface area contributed by atoms with Gasteiger partial charge in [-0.3, -0.25) is 25.8 Å². The first kappa shape index (κ1) is 19.1. The first-order chi connectivity index (χ1) is 12.1. The van der Waals surface area contributed by atoms with Crippen molar-refractivity contribution >= 4 is 35.2 Å². The van der Waals surface area contributed by atoms with Crippen LogP contribution in [-0.2, 0) is 9.59 Å². The van der Waals surface area contributed by atoms with E-state index in [9.17, 15) is 9.59 Å². The molecule has 2 rings (SSSR count). The van der Waals surface area contributed by atoms with Gasteiger partial charge in [-0.25, -0.2) is 0 Å². The molecule has 3 N–H and O–H groups in total. The van der Waals surface area contributed by atoms with Crippen molar-refractivity contribution in [2.75, 3.05) is 19.6 Å². The van der Waals surface area contributed by atoms with Gasteiger partial charge in [-0.2, -0.15) is 0 Å². The molecular weight excluding hydrogens is 336 g/mol. The van der Waals surface area contributed by atoms with Crippen LogP contribution in [0.1, 0.15) is 31.2 Å². The van der Waals surface area contributed by atoms with E-state index in [1.807, 2.05) is 30.3 Å². The fourth-order valence-electron chi connectivity index (χ4n) is 2.55. The van der Waals surface area contributed by atoms with Crippen molar-refractivity contribution in [1.29, 1.82) is 0 Å². The summed E-state index contributed by atoms with van der Waals surface area (Å²) < 4.78 is 0. The number of hydrogen-bond acceptors (Lipinski definition) is 4. The molecule has 0 saturated carbocycles. The first-order valence-electron chi connectivity index (χ1n) is 8.49. The van der Waals surface area contributed by atoms with Crippen LogP contribution >= 0.6 is 12.2 Å². The molecule has 1 heterocycles. The van der Waals surface area contributed by atoms with E-state index in [0.29, 0.717) is 6.42 Å². The van der Waals surface area contributed by atoms with Crippen LogP contribution in [-0.4, -0.2) is 41.5 Å². The van der Waals surface area contributed by atoms with Crippen molar-refractivity contribution in [2.45, 2.75) is 25.7 Å². The second-order valence-electron chi connectivity index (χ2n) is 5.89. The van der Waals surface area contributed by atoms with Crippen molar-refractivity contribution in [3.05, 3.63) is 42.0 Å². The topological polar surface area (TPSA) is 73.5 Å². The van der Waals surface area contributed by atoms with E-state index in [4.69, 9.17) is 12.2 Å². The van der Waals surface area contributed by atoms with Crippen LogP contribution in [0.2, 0.25) is 0 Å². The number of amides is 2. The highest BCUT2D eigenvalue weighted by molar-refractivity contribution is 7.80. The van der Waals surface area contributed by atoms with E-state index < -0.39 is 0 Å². The van der Waals surface area contributed by atoms with Gasteiger partial charge in [0.25, 0.3) is 0 Å². The Balaban J connectivity index is 1.61. The van der Waals surface area contributed by atoms with E-state index >= 15 is 0 Å². The molecule has 25 heavy (non-hydrogen) atoms. The Labute approximate surface area is 153 Å². The molecule has 0 radical (unpaired) electrons. The lowest BCUT2D eigenvalue weighted by atomic mass is 10.1. The van der Waals surface area contributed by atoms with Crippen LogP contribution in [0.3, 0.4) is 0 Å². The van der Waals surface area contributed by atoms with Gasteiger partial charge in [-0.05, 0) is 49.8 Å². The van der Waals surface area contributed by atoms with E-state index in [1.165, 1.54) is 25.3 Å². The van der Waals surface area contributed by atoms with Crippen LogP contribution < -0.4 is 16.2 Å². The molecule has 0 aliphatic carbocycles. The molecule has 1 aromatic carbocycles. The number of carbonyl (C=O) groups excluding carboxylic acids is 2. The highest BCUT2D eigenvalue weighted by Gasteiger charge is 2.11. The summed E-state index contributed by atoms with van der Waals surface area (Å²) in [5.41, 5.74) is 5.97. The van der Waals surface area contributed by atoms with Crippen molar-refractivity contribution in [3.8, 4) is 0 Å². The number of hydrazine groups is 1. The smallest absolute Gasteiger partial charge is 0.250 e. The standard InChI is InChI=1S/C18H24N4O2S/c23-16(10-9-15-7-3-1-4-8-15)19-18(25)21-20-17(24)11-14-22-12-5-2-6-13-22/h1,3-4,7-10H,2,5-6,11-14H2,(H,20,24)(H2,19,21,23,25). The number of thiocarbonyl (C=S) groups is 1. The molecule has 0 aromatic heterocycles. The summed E-state index contributed by atoms with van der Waals surface area (Å²) in [6, 6.07) is 9.47. The number of rotatable bonds is 5. The van der Waals surface area contributed by atoms with Gasteiger partial charge in [0.1, 0.15) is 0 Å². The normalized spacial score (nSPS) is 14.9. The van der Waals surface area contributed by atoms with Crippen LogP contribution in [0.4, 0.5) is 0 Å². The fraction of sp³-hybridized carbons (Fsp3) is 0.389. The lowest BCUT2D eigenvalue weighted by Crippen LogP contribution is -2.48. The minimum atomic E-state index is -0.357. The monoisotopic (exact) mass is 360 g/mol. The molecule has 1 aliphatic rings. The number of piperidine rings is 1. The molecule has 0 bridgehead atoms. The van der Waals surface area contributed by atoms with E-state index in [1.54, 1.807) is 6.08 Å². The third-order valence-electron chi connectivity index (χ3n) is 3.88. The van der Waals surface area contributed by atoms with Crippen molar-refractivity contribution in [1.82, 2.24) is 21.1 Å². The Morgan fingerprint density at radius 3 is 2.52 bits per heavy atom. The summed E-state index contributed by atoms with van der Waals surface area (Å²) in [6.07, 6.45) is 7.16. The predicted molar refractivity (Wildman–Crippen MR) is 102 cm³/mol. The third-order valence-corrected chi connectivity index (χ3v) is 4.09. The lowest BCUT2D eigenvalue weighted by Gasteiger charge is -2.25. The summed E-state index contributed by atoms with van der Waals surface area (Å²) in [4.78, 5) is 25.8. The lowest BCUT2D eigenvalue weighted by molar-refractivity contribution is -0.122. The second-order valence-corrected chi connectivity index (χ2v) is 6.30. The van der Waals surface area contributed by atoms with Gasteiger partial charge in [0.2, 0.25) is 11.8 Å². The summed E-state index contributed by atoms with van der Waals surface area (Å²) in [5.74, 6) is -0.508. The van der Waals surface area contributed by atoms with E-state index in [2.05, 4.69) is 21.1 Å². The zero-order valence-electron chi connectivity index (χ0n) is 14.2. The van der Waals surface area contributed by atoms with Gasteiger partial charge in [0.05, 0.1) is 0 Å². The highest BCUT2D eigenvalue weighted by Crippen LogP contribution is 2.08. The molecule has 134 valence electrons. The van der Waals surface area contributed by atoms with Gasteiger partial charge in [-0.1, -0.05) is 36.8 Å². The Kier molecular flexibility index (Phi) is 8.08. The fourth-order valence-corrected chi connectivity index (χ4v) is 2.70. The maximum Gasteiger partial charge on any atom is 0.250 e. The van der Waals surface area contributed by atoms with Crippen molar-refractivity contribution in [3.63, 3.8) is 0 Å². The number of nitrogens with zero attached hydrogens (tertiary/aromatic N) is 1. The largest absolute Gasteiger partial charge is 0.303 e. The average molecular weight is 360 g/mol. The highest BCUT2D eigenvalue weighted by atomic mass is 32.1. The molecule has 0 unspecified atom stereocenters. The van der Waals surface area contributed by atoms with Crippen LogP contribution in [0, 0.1) is 0 Å². The second kappa shape index (κ2) is 10.6. The van der Waals surface area contributed by atoms with E-state index in [-0.39, 0.29) is 16.9 Å². The summed E-state index contributed by atoms with van der Waals surface area (Å²) in [5, 5.41) is 2.54. The number of likely N-dealkylation sites (tertiary alicyclic amines) is 1. The number of carbonyl (C=O) groups is 2. The number of benzene rings is 1. The Morgan fingerprint density at radius 1 is 1.08 bits per heavy atom. The van der Waals surface area contributed by atoms with Gasteiger partial charge < -0.3 is 4.90 Å². The molecule has 2 amide bonds. The Morgan fingerprint density at radius 2 is 1.80 bits per heavy atom. The molecule has 1 fully saturated rings. The molecule has 0 spiro atoms. The van der Waals surface area contributed by atoms with E-state index in [0.717, 1.165) is 25.2 Å². The number of hydrogen-bond donors (Lipinski definition) is 3. The zero-order valence-corrected chi connectivity index (χ0v) is 15.0. The Bertz CT molecular complexity index is 613. The van der Waals surface area contributed by atoms with Crippen LogP contribution in [0.25, 0.3) is 6.08 Å². The molecule has 7 heteroatoms. The number of nitrogens with one attached hydrogen (secondary N) is 3. The molecule has 1 aliphatic heterocycles. The minimum Gasteiger partial charge on any atom is -0.303 e. The first-order valence-corrected chi connectivity index (χ1v) is 8.89. The van der Waals surface area contributed by atoms with Crippen LogP contribution in [0.15, 0.2) is 36.4 Å². The zero-order chi connectivity index (χ0) is 17.9. The predicted octanol–water partition coefficient (Wildman–Crippen LogP) is 1.60. The summed E-state index contributed by atoms with van der Waals surface area (Å²) in [6.45, 7) is 2.86. The van der Waals surface area contributed by atoms with Gasteiger partial charge in [0, 0.05) is 19.0 Å². The molecule has 1 saturated heterocycles. The van der Waals surface area contributed by atoms with Crippen molar-refractivity contribution in [2.24, 2.45) is 0 Å². The van der Waals surface area contributed by atoms with Gasteiger partial charge in [0.15, 0.2) is 5.11 Å². The maximum absolute atomic E-state index is 11.8. The van der Waals surface area contributed by atoms with Gasteiger partial charge >= 0.3 is 0 Å². The maximum atomic E-state index is 11.8. The van der Waals surface area contributed by atoms with Gasteiger partial charge in [-0.15, -0.1) is 0 Å². The Hall–Kier alpha value is -2.25. The molecule has 0 atom stereocenters. The molecular formula is C18H24N4O2S. The molecule has 6 nitrogen and oxygen atoms in total. The quantitative estimate of drug-likeness (QED) is 0.423. The average Bonchev–Trinajstić information content (AvgIpc) is 2.65. The summed E-state index contributed by atoms with van der Waals surface area (Å²) >= 11 is 4.99.